The largest absolute Gasteiger partial charge is 0.483 e. The number of hydrogen-bond acceptors (Lipinski definition) is 3. The van der Waals surface area contributed by atoms with E-state index < -0.39 is 6.04 Å². The quantitative estimate of drug-likeness (QED) is 0.605. The first kappa shape index (κ1) is 24.8. The molecule has 0 saturated heterocycles. The monoisotopic (exact) mass is 450 g/mol. The lowest BCUT2D eigenvalue weighted by Gasteiger charge is -2.30. The smallest absolute Gasteiger partial charge is 0.261 e. The van der Waals surface area contributed by atoms with Gasteiger partial charge in [-0.3, -0.25) is 9.59 Å². The molecule has 33 heavy (non-hydrogen) atoms. The molecule has 2 amide bonds. The Morgan fingerprint density at radius 3 is 2.33 bits per heavy atom. The topological polar surface area (TPSA) is 58.6 Å². The third-order valence-electron chi connectivity index (χ3n) is 6.39. The number of para-hydroxylation sites is 1. The standard InChI is InChI=1S/C28H38N2O3/c1-20-14-16-22(17-15-20)18-30(21(2)27(32)29-23-10-6-7-11-23)26(31)19-33-25-13-9-8-12-24(25)28(3,4)5/h8-9,12-17,21,23H,6-7,10-11,18-19H2,1-5H3,(H,29,32)/t21-/m0/s1. The maximum absolute atomic E-state index is 13.4. The lowest BCUT2D eigenvalue weighted by atomic mass is 9.86. The van der Waals surface area contributed by atoms with Gasteiger partial charge in [-0.25, -0.2) is 0 Å². The van der Waals surface area contributed by atoms with Crippen molar-refractivity contribution < 1.29 is 14.3 Å². The Morgan fingerprint density at radius 1 is 1.06 bits per heavy atom. The van der Waals surface area contributed by atoms with E-state index in [4.69, 9.17) is 4.74 Å². The van der Waals surface area contributed by atoms with Crippen LogP contribution in [0.5, 0.6) is 5.75 Å². The summed E-state index contributed by atoms with van der Waals surface area (Å²) in [5.41, 5.74) is 3.10. The molecule has 0 heterocycles. The molecule has 0 aromatic heterocycles. The van der Waals surface area contributed by atoms with E-state index in [-0.39, 0.29) is 29.9 Å². The van der Waals surface area contributed by atoms with E-state index >= 15 is 0 Å². The van der Waals surface area contributed by atoms with Crippen molar-refractivity contribution in [2.75, 3.05) is 6.61 Å². The van der Waals surface area contributed by atoms with Crippen molar-refractivity contribution in [1.29, 1.82) is 0 Å². The van der Waals surface area contributed by atoms with Crippen LogP contribution in [-0.4, -0.2) is 35.4 Å². The molecular formula is C28H38N2O3. The average Bonchev–Trinajstić information content (AvgIpc) is 3.29. The molecule has 1 saturated carbocycles. The molecule has 5 nitrogen and oxygen atoms in total. The summed E-state index contributed by atoms with van der Waals surface area (Å²) in [4.78, 5) is 28.0. The lowest BCUT2D eigenvalue weighted by Crippen LogP contribution is -2.50. The number of carbonyl (C=O) groups is 2. The Morgan fingerprint density at radius 2 is 1.70 bits per heavy atom. The van der Waals surface area contributed by atoms with Crippen molar-refractivity contribution in [2.24, 2.45) is 0 Å². The number of ether oxygens (including phenoxy) is 1. The maximum Gasteiger partial charge on any atom is 0.261 e. The highest BCUT2D eigenvalue weighted by atomic mass is 16.5. The summed E-state index contributed by atoms with van der Waals surface area (Å²) < 4.78 is 6.00. The van der Waals surface area contributed by atoms with Crippen LogP contribution in [0.4, 0.5) is 0 Å². The molecule has 178 valence electrons. The van der Waals surface area contributed by atoms with Gasteiger partial charge in [0.25, 0.3) is 5.91 Å². The van der Waals surface area contributed by atoms with E-state index in [1.807, 2.05) is 55.5 Å². The fourth-order valence-electron chi connectivity index (χ4n) is 4.30. The lowest BCUT2D eigenvalue weighted by molar-refractivity contribution is -0.142. The molecule has 5 heteroatoms. The Hall–Kier alpha value is -2.82. The third kappa shape index (κ3) is 6.83. The highest BCUT2D eigenvalue weighted by Gasteiger charge is 2.29. The van der Waals surface area contributed by atoms with Crippen molar-refractivity contribution >= 4 is 11.8 Å². The van der Waals surface area contributed by atoms with E-state index in [9.17, 15) is 9.59 Å². The number of aryl methyl sites for hydroxylation is 1. The SMILES string of the molecule is Cc1ccc(CN(C(=O)COc2ccccc2C(C)(C)C)[C@@H](C)C(=O)NC2CCCC2)cc1. The Bertz CT molecular complexity index is 940. The molecule has 0 unspecified atom stereocenters. The summed E-state index contributed by atoms with van der Waals surface area (Å²) in [6.07, 6.45) is 4.31. The number of amides is 2. The van der Waals surface area contributed by atoms with Crippen LogP contribution in [0.1, 0.15) is 70.1 Å². The third-order valence-corrected chi connectivity index (χ3v) is 6.39. The van der Waals surface area contributed by atoms with Gasteiger partial charge in [0.1, 0.15) is 11.8 Å². The van der Waals surface area contributed by atoms with Gasteiger partial charge in [-0.1, -0.05) is 81.6 Å². The molecule has 1 aliphatic carbocycles. The minimum atomic E-state index is -0.583. The van der Waals surface area contributed by atoms with E-state index in [0.29, 0.717) is 12.3 Å². The summed E-state index contributed by atoms with van der Waals surface area (Å²) in [5, 5.41) is 3.14. The number of rotatable bonds is 8. The number of nitrogens with zero attached hydrogens (tertiary/aromatic N) is 1. The van der Waals surface area contributed by atoms with Gasteiger partial charge in [0.05, 0.1) is 0 Å². The normalized spacial score (nSPS) is 15.2. The Labute approximate surface area is 198 Å². The first-order chi connectivity index (χ1) is 15.6. The zero-order valence-electron chi connectivity index (χ0n) is 20.7. The van der Waals surface area contributed by atoms with Gasteiger partial charge in [0, 0.05) is 12.6 Å². The van der Waals surface area contributed by atoms with Gasteiger partial charge in [-0.2, -0.15) is 0 Å². The molecule has 1 atom stereocenters. The van der Waals surface area contributed by atoms with Crippen LogP contribution in [0.25, 0.3) is 0 Å². The fourth-order valence-corrected chi connectivity index (χ4v) is 4.30. The van der Waals surface area contributed by atoms with E-state index in [2.05, 4.69) is 26.1 Å². The minimum Gasteiger partial charge on any atom is -0.483 e. The molecule has 2 aromatic rings. The average molecular weight is 451 g/mol. The van der Waals surface area contributed by atoms with Gasteiger partial charge < -0.3 is 15.0 Å². The van der Waals surface area contributed by atoms with Crippen molar-refractivity contribution in [3.63, 3.8) is 0 Å². The van der Waals surface area contributed by atoms with Gasteiger partial charge >= 0.3 is 0 Å². The first-order valence-electron chi connectivity index (χ1n) is 12.0. The summed E-state index contributed by atoms with van der Waals surface area (Å²) in [7, 11) is 0. The van der Waals surface area contributed by atoms with Crippen LogP contribution in [0, 0.1) is 6.92 Å². The molecule has 0 radical (unpaired) electrons. The van der Waals surface area contributed by atoms with Crippen LogP contribution in [-0.2, 0) is 21.5 Å². The molecular weight excluding hydrogens is 412 g/mol. The van der Waals surface area contributed by atoms with Crippen molar-refractivity contribution in [1.82, 2.24) is 10.2 Å². The molecule has 3 rings (SSSR count). The molecule has 0 bridgehead atoms. The van der Waals surface area contributed by atoms with Crippen LogP contribution in [0.2, 0.25) is 0 Å². The second-order valence-corrected chi connectivity index (χ2v) is 10.2. The van der Waals surface area contributed by atoms with Gasteiger partial charge in [0.15, 0.2) is 6.61 Å². The van der Waals surface area contributed by atoms with Crippen molar-refractivity contribution in [3.8, 4) is 5.75 Å². The molecule has 1 aliphatic rings. The van der Waals surface area contributed by atoms with Gasteiger partial charge in [0.2, 0.25) is 5.91 Å². The highest BCUT2D eigenvalue weighted by Crippen LogP contribution is 2.31. The first-order valence-corrected chi connectivity index (χ1v) is 12.0. The molecule has 0 aliphatic heterocycles. The van der Waals surface area contributed by atoms with E-state index in [1.165, 1.54) is 0 Å². The zero-order chi connectivity index (χ0) is 24.0. The minimum absolute atomic E-state index is 0.0996. The highest BCUT2D eigenvalue weighted by molar-refractivity contribution is 5.88. The number of hydrogen-bond donors (Lipinski definition) is 1. The predicted octanol–water partition coefficient (Wildman–Crippen LogP) is 5.15. The predicted molar refractivity (Wildman–Crippen MR) is 132 cm³/mol. The zero-order valence-corrected chi connectivity index (χ0v) is 20.7. The van der Waals surface area contributed by atoms with Gasteiger partial charge in [-0.15, -0.1) is 0 Å². The summed E-state index contributed by atoms with van der Waals surface area (Å²) in [6, 6.07) is 15.5. The summed E-state index contributed by atoms with van der Waals surface area (Å²) >= 11 is 0. The van der Waals surface area contributed by atoms with E-state index in [0.717, 1.165) is 42.4 Å². The molecule has 2 aromatic carbocycles. The van der Waals surface area contributed by atoms with Crippen LogP contribution in [0.3, 0.4) is 0 Å². The van der Waals surface area contributed by atoms with Crippen LogP contribution in [0.15, 0.2) is 48.5 Å². The van der Waals surface area contributed by atoms with Gasteiger partial charge in [-0.05, 0) is 49.3 Å². The van der Waals surface area contributed by atoms with Crippen molar-refractivity contribution in [2.45, 2.75) is 84.3 Å². The number of nitrogens with one attached hydrogen (secondary N) is 1. The fraction of sp³-hybridized carbons (Fsp3) is 0.500. The number of benzene rings is 2. The second kappa shape index (κ2) is 10.9. The van der Waals surface area contributed by atoms with E-state index in [1.54, 1.807) is 11.8 Å². The van der Waals surface area contributed by atoms with Crippen molar-refractivity contribution in [3.05, 3.63) is 65.2 Å². The Kier molecular flexibility index (Phi) is 8.17. The van der Waals surface area contributed by atoms with Crippen LogP contribution >= 0.6 is 0 Å². The molecule has 1 N–H and O–H groups in total. The second-order valence-electron chi connectivity index (χ2n) is 10.2. The summed E-state index contributed by atoms with van der Waals surface area (Å²) in [5.74, 6) is 0.405. The Balaban J connectivity index is 1.75. The molecule has 0 spiro atoms. The van der Waals surface area contributed by atoms with Crippen LogP contribution < -0.4 is 10.1 Å². The summed E-state index contributed by atoms with van der Waals surface area (Å²) in [6.45, 7) is 10.5. The molecule has 1 fully saturated rings. The number of carbonyl (C=O) groups excluding carboxylic acids is 2. The maximum atomic E-state index is 13.4.